The molecule has 5 heteroatoms. The summed E-state index contributed by atoms with van der Waals surface area (Å²) in [6.45, 7) is 0.161. The van der Waals surface area contributed by atoms with Gasteiger partial charge in [-0.05, 0) is 17.7 Å². The van der Waals surface area contributed by atoms with Crippen LogP contribution in [0, 0.1) is 11.3 Å². The van der Waals surface area contributed by atoms with Crippen LogP contribution < -0.4 is 9.47 Å². The number of fused-ring (bicyclic) bond motifs is 1. The van der Waals surface area contributed by atoms with Crippen molar-refractivity contribution in [2.24, 2.45) is 0 Å². The highest BCUT2D eigenvalue weighted by Crippen LogP contribution is 2.34. The van der Waals surface area contributed by atoms with Crippen LogP contribution in [0.1, 0.15) is 11.5 Å². The van der Waals surface area contributed by atoms with Gasteiger partial charge in [-0.2, -0.15) is 5.26 Å². The predicted octanol–water partition coefficient (Wildman–Crippen LogP) is 1.20. The molecule has 1 heterocycles. The summed E-state index contributed by atoms with van der Waals surface area (Å²) in [5, 5.41) is 8.91. The smallest absolute Gasteiger partial charge is 0.327 e. The summed E-state index contributed by atoms with van der Waals surface area (Å²) in [6, 6.07) is 6.83. The van der Waals surface area contributed by atoms with Crippen LogP contribution in [0.25, 0.3) is 0 Å². The SMILES string of the molecule is COC(=O)C(C#N)c1ccc2c(c1)OCO2. The summed E-state index contributed by atoms with van der Waals surface area (Å²) >= 11 is 0. The Balaban J connectivity index is 2.33. The molecule has 1 unspecified atom stereocenters. The first kappa shape index (κ1) is 10.3. The lowest BCUT2D eigenvalue weighted by atomic mass is 10.0. The van der Waals surface area contributed by atoms with Gasteiger partial charge in [0.15, 0.2) is 17.4 Å². The van der Waals surface area contributed by atoms with Crippen molar-refractivity contribution in [2.75, 3.05) is 13.9 Å². The monoisotopic (exact) mass is 219 g/mol. The number of hydrogen-bond donors (Lipinski definition) is 0. The van der Waals surface area contributed by atoms with Gasteiger partial charge in [0.1, 0.15) is 0 Å². The molecular formula is C11H9NO4. The van der Waals surface area contributed by atoms with E-state index < -0.39 is 11.9 Å². The third-order valence-electron chi connectivity index (χ3n) is 2.30. The maximum Gasteiger partial charge on any atom is 0.327 e. The van der Waals surface area contributed by atoms with E-state index in [1.165, 1.54) is 7.11 Å². The molecular weight excluding hydrogens is 210 g/mol. The third-order valence-corrected chi connectivity index (χ3v) is 2.30. The van der Waals surface area contributed by atoms with Crippen molar-refractivity contribution in [1.29, 1.82) is 5.26 Å². The fourth-order valence-corrected chi connectivity index (χ4v) is 1.47. The molecule has 1 aliphatic rings. The molecule has 16 heavy (non-hydrogen) atoms. The van der Waals surface area contributed by atoms with Crippen LogP contribution in [0.15, 0.2) is 18.2 Å². The first-order chi connectivity index (χ1) is 7.76. The van der Waals surface area contributed by atoms with E-state index in [0.717, 1.165) is 0 Å². The van der Waals surface area contributed by atoms with Gasteiger partial charge in [-0.1, -0.05) is 6.07 Å². The molecule has 1 aromatic carbocycles. The van der Waals surface area contributed by atoms with E-state index in [4.69, 9.17) is 14.7 Å². The van der Waals surface area contributed by atoms with Crippen LogP contribution in [0.5, 0.6) is 11.5 Å². The Labute approximate surface area is 92.1 Å². The summed E-state index contributed by atoms with van der Waals surface area (Å²) in [6.07, 6.45) is 0. The Morgan fingerprint density at radius 1 is 1.50 bits per heavy atom. The standard InChI is InChI=1S/C11H9NO4/c1-14-11(13)8(5-12)7-2-3-9-10(4-7)16-6-15-9/h2-4,8H,6H2,1H3. The molecule has 0 spiro atoms. The van der Waals surface area contributed by atoms with E-state index in [2.05, 4.69) is 4.74 Å². The highest BCUT2D eigenvalue weighted by atomic mass is 16.7. The normalized spacial score (nSPS) is 14.0. The summed E-state index contributed by atoms with van der Waals surface area (Å²) in [7, 11) is 1.25. The van der Waals surface area contributed by atoms with Crippen molar-refractivity contribution in [3.8, 4) is 17.6 Å². The number of benzene rings is 1. The van der Waals surface area contributed by atoms with Gasteiger partial charge >= 0.3 is 5.97 Å². The van der Waals surface area contributed by atoms with Gasteiger partial charge < -0.3 is 14.2 Å². The first-order valence-corrected chi connectivity index (χ1v) is 4.63. The number of hydrogen-bond acceptors (Lipinski definition) is 5. The summed E-state index contributed by atoms with van der Waals surface area (Å²) in [4.78, 5) is 11.3. The third kappa shape index (κ3) is 1.65. The molecule has 5 nitrogen and oxygen atoms in total. The Kier molecular flexibility index (Phi) is 2.64. The molecule has 0 aromatic heterocycles. The fraction of sp³-hybridized carbons (Fsp3) is 0.273. The van der Waals surface area contributed by atoms with Gasteiger partial charge in [0, 0.05) is 0 Å². The van der Waals surface area contributed by atoms with Gasteiger partial charge in [0.05, 0.1) is 13.2 Å². The second-order valence-electron chi connectivity index (χ2n) is 3.20. The van der Waals surface area contributed by atoms with Crippen molar-refractivity contribution in [3.05, 3.63) is 23.8 Å². The van der Waals surface area contributed by atoms with E-state index in [-0.39, 0.29) is 6.79 Å². The first-order valence-electron chi connectivity index (χ1n) is 4.63. The molecule has 0 aliphatic carbocycles. The average molecular weight is 219 g/mol. The second-order valence-corrected chi connectivity index (χ2v) is 3.20. The highest BCUT2D eigenvalue weighted by molar-refractivity contribution is 5.81. The van der Waals surface area contributed by atoms with Gasteiger partial charge in [0.2, 0.25) is 6.79 Å². The average Bonchev–Trinajstić information content (AvgIpc) is 2.77. The van der Waals surface area contributed by atoms with Crippen LogP contribution in [0.4, 0.5) is 0 Å². The molecule has 1 atom stereocenters. The zero-order chi connectivity index (χ0) is 11.5. The van der Waals surface area contributed by atoms with Crippen molar-refractivity contribution in [2.45, 2.75) is 5.92 Å². The predicted molar refractivity (Wildman–Crippen MR) is 52.9 cm³/mol. The van der Waals surface area contributed by atoms with Crippen LogP contribution >= 0.6 is 0 Å². The molecule has 82 valence electrons. The van der Waals surface area contributed by atoms with E-state index in [0.29, 0.717) is 17.1 Å². The molecule has 0 fully saturated rings. The molecule has 1 aliphatic heterocycles. The quantitative estimate of drug-likeness (QED) is 0.699. The Morgan fingerprint density at radius 2 is 2.25 bits per heavy atom. The zero-order valence-corrected chi connectivity index (χ0v) is 8.60. The van der Waals surface area contributed by atoms with E-state index in [1.807, 2.05) is 6.07 Å². The van der Waals surface area contributed by atoms with Crippen LogP contribution in [0.2, 0.25) is 0 Å². The molecule has 0 bridgehead atoms. The highest BCUT2D eigenvalue weighted by Gasteiger charge is 2.23. The van der Waals surface area contributed by atoms with E-state index in [1.54, 1.807) is 18.2 Å². The van der Waals surface area contributed by atoms with Gasteiger partial charge in [-0.3, -0.25) is 4.79 Å². The van der Waals surface area contributed by atoms with Crippen molar-refractivity contribution in [3.63, 3.8) is 0 Å². The lowest BCUT2D eigenvalue weighted by molar-refractivity contribution is -0.140. The maximum absolute atomic E-state index is 11.3. The minimum Gasteiger partial charge on any atom is -0.468 e. The summed E-state index contributed by atoms with van der Waals surface area (Å²) in [5.74, 6) is -0.354. The van der Waals surface area contributed by atoms with Crippen LogP contribution in [-0.4, -0.2) is 19.9 Å². The molecule has 2 rings (SSSR count). The Bertz CT molecular complexity index is 464. The minimum absolute atomic E-state index is 0.161. The van der Waals surface area contributed by atoms with Crippen molar-refractivity contribution < 1.29 is 19.0 Å². The van der Waals surface area contributed by atoms with Crippen LogP contribution in [-0.2, 0) is 9.53 Å². The number of nitriles is 1. The molecule has 0 N–H and O–H groups in total. The van der Waals surface area contributed by atoms with E-state index >= 15 is 0 Å². The lowest BCUT2D eigenvalue weighted by Gasteiger charge is -2.07. The molecule has 1 aromatic rings. The van der Waals surface area contributed by atoms with Crippen LogP contribution in [0.3, 0.4) is 0 Å². The van der Waals surface area contributed by atoms with Gasteiger partial charge in [0.25, 0.3) is 0 Å². The number of carbonyl (C=O) groups excluding carboxylic acids is 1. The second kappa shape index (κ2) is 4.11. The van der Waals surface area contributed by atoms with E-state index in [9.17, 15) is 4.79 Å². The molecule has 0 radical (unpaired) electrons. The number of nitrogens with zero attached hydrogens (tertiary/aromatic N) is 1. The van der Waals surface area contributed by atoms with Crippen molar-refractivity contribution in [1.82, 2.24) is 0 Å². The molecule has 0 saturated heterocycles. The fourth-order valence-electron chi connectivity index (χ4n) is 1.47. The number of methoxy groups -OCH3 is 1. The molecule has 0 saturated carbocycles. The Morgan fingerprint density at radius 3 is 2.94 bits per heavy atom. The topological polar surface area (TPSA) is 68.6 Å². The largest absolute Gasteiger partial charge is 0.468 e. The van der Waals surface area contributed by atoms with Crippen molar-refractivity contribution >= 4 is 5.97 Å². The number of carbonyl (C=O) groups is 1. The summed E-state index contributed by atoms with van der Waals surface area (Å²) in [5.41, 5.74) is 0.540. The maximum atomic E-state index is 11.3. The zero-order valence-electron chi connectivity index (χ0n) is 8.60. The molecule has 0 amide bonds. The summed E-state index contributed by atoms with van der Waals surface area (Å²) < 4.78 is 14.8. The number of esters is 1. The van der Waals surface area contributed by atoms with Gasteiger partial charge in [-0.15, -0.1) is 0 Å². The van der Waals surface area contributed by atoms with Gasteiger partial charge in [-0.25, -0.2) is 0 Å². The minimum atomic E-state index is -0.931. The number of rotatable bonds is 2. The Hall–Kier alpha value is -2.22. The lowest BCUT2D eigenvalue weighted by Crippen LogP contribution is -2.12. The number of ether oxygens (including phenoxy) is 3.